The van der Waals surface area contributed by atoms with E-state index in [0.717, 1.165) is 31.4 Å². The van der Waals surface area contributed by atoms with E-state index in [9.17, 15) is 4.79 Å². The molecule has 1 rings (SSSR count). The quantitative estimate of drug-likeness (QED) is 0.409. The SMILES string of the molecule is C=C(COC(=O)C(=C)C)CC1CCCCO1. The lowest BCUT2D eigenvalue weighted by atomic mass is 10.0. The van der Waals surface area contributed by atoms with Crippen LogP contribution < -0.4 is 0 Å². The largest absolute Gasteiger partial charge is 0.458 e. The third-order valence-electron chi connectivity index (χ3n) is 2.55. The van der Waals surface area contributed by atoms with Crippen molar-refractivity contribution in [2.24, 2.45) is 0 Å². The number of carbonyl (C=O) groups excluding carboxylic acids is 1. The molecule has 1 saturated heterocycles. The zero-order valence-corrected chi connectivity index (χ0v) is 9.96. The van der Waals surface area contributed by atoms with Gasteiger partial charge in [-0.15, -0.1) is 0 Å². The molecule has 90 valence electrons. The van der Waals surface area contributed by atoms with Gasteiger partial charge in [-0.05, 0) is 38.2 Å². The fraction of sp³-hybridized carbons (Fsp3) is 0.615. The first-order valence-corrected chi connectivity index (χ1v) is 5.70. The summed E-state index contributed by atoms with van der Waals surface area (Å²) in [7, 11) is 0. The molecule has 0 spiro atoms. The topological polar surface area (TPSA) is 35.5 Å². The summed E-state index contributed by atoms with van der Waals surface area (Å²) in [5, 5.41) is 0. The van der Waals surface area contributed by atoms with Gasteiger partial charge in [-0.2, -0.15) is 0 Å². The second-order valence-electron chi connectivity index (χ2n) is 4.30. The normalized spacial score (nSPS) is 20.2. The van der Waals surface area contributed by atoms with Crippen molar-refractivity contribution in [2.75, 3.05) is 13.2 Å². The number of esters is 1. The number of ether oxygens (including phenoxy) is 2. The monoisotopic (exact) mass is 224 g/mol. The Kier molecular flexibility index (Phi) is 5.26. The van der Waals surface area contributed by atoms with Crippen LogP contribution in [0.25, 0.3) is 0 Å². The Bertz CT molecular complexity index is 275. The first kappa shape index (κ1) is 13.0. The maximum Gasteiger partial charge on any atom is 0.333 e. The third-order valence-corrected chi connectivity index (χ3v) is 2.55. The van der Waals surface area contributed by atoms with Crippen LogP contribution in [0.5, 0.6) is 0 Å². The lowest BCUT2D eigenvalue weighted by Gasteiger charge is -2.23. The van der Waals surface area contributed by atoms with Crippen LogP contribution in [-0.4, -0.2) is 25.3 Å². The van der Waals surface area contributed by atoms with Crippen molar-refractivity contribution in [3.05, 3.63) is 24.3 Å². The van der Waals surface area contributed by atoms with Gasteiger partial charge in [0.2, 0.25) is 0 Å². The van der Waals surface area contributed by atoms with Gasteiger partial charge in [0, 0.05) is 12.2 Å². The molecule has 3 heteroatoms. The maximum absolute atomic E-state index is 11.1. The molecule has 0 aromatic heterocycles. The Morgan fingerprint density at radius 2 is 2.19 bits per heavy atom. The van der Waals surface area contributed by atoms with Gasteiger partial charge in [-0.1, -0.05) is 13.2 Å². The van der Waals surface area contributed by atoms with Crippen LogP contribution in [-0.2, 0) is 14.3 Å². The Hall–Kier alpha value is -1.09. The van der Waals surface area contributed by atoms with Gasteiger partial charge in [0.15, 0.2) is 0 Å². The predicted octanol–water partition coefficient (Wildman–Crippen LogP) is 2.62. The van der Waals surface area contributed by atoms with Crippen molar-refractivity contribution in [1.82, 2.24) is 0 Å². The molecule has 0 saturated carbocycles. The van der Waals surface area contributed by atoms with Crippen LogP contribution in [0.2, 0.25) is 0 Å². The fourth-order valence-corrected chi connectivity index (χ4v) is 1.64. The van der Waals surface area contributed by atoms with Crippen molar-refractivity contribution in [3.8, 4) is 0 Å². The van der Waals surface area contributed by atoms with Crippen LogP contribution in [0.15, 0.2) is 24.3 Å². The summed E-state index contributed by atoms with van der Waals surface area (Å²) in [4.78, 5) is 11.1. The van der Waals surface area contributed by atoms with E-state index in [2.05, 4.69) is 13.2 Å². The van der Waals surface area contributed by atoms with E-state index >= 15 is 0 Å². The molecule has 0 aromatic carbocycles. The van der Waals surface area contributed by atoms with Crippen LogP contribution in [0.1, 0.15) is 32.6 Å². The molecule has 0 radical (unpaired) electrons. The molecule has 0 aliphatic carbocycles. The summed E-state index contributed by atoms with van der Waals surface area (Å²) in [5.41, 5.74) is 1.32. The highest BCUT2D eigenvalue weighted by molar-refractivity contribution is 5.87. The number of carbonyl (C=O) groups is 1. The number of rotatable bonds is 5. The lowest BCUT2D eigenvalue weighted by molar-refractivity contribution is -0.138. The zero-order chi connectivity index (χ0) is 12.0. The molecule has 0 bridgehead atoms. The first-order valence-electron chi connectivity index (χ1n) is 5.70. The van der Waals surface area contributed by atoms with Crippen LogP contribution >= 0.6 is 0 Å². The minimum atomic E-state index is -0.356. The molecule has 1 heterocycles. The van der Waals surface area contributed by atoms with Crippen molar-refractivity contribution in [2.45, 2.75) is 38.7 Å². The number of hydrogen-bond donors (Lipinski definition) is 0. The van der Waals surface area contributed by atoms with E-state index in [1.54, 1.807) is 6.92 Å². The van der Waals surface area contributed by atoms with Crippen LogP contribution in [0.4, 0.5) is 0 Å². The van der Waals surface area contributed by atoms with E-state index in [1.165, 1.54) is 6.42 Å². The Balaban J connectivity index is 2.19. The number of hydrogen-bond acceptors (Lipinski definition) is 3. The highest BCUT2D eigenvalue weighted by Crippen LogP contribution is 2.18. The predicted molar refractivity (Wildman–Crippen MR) is 63.1 cm³/mol. The van der Waals surface area contributed by atoms with Gasteiger partial charge >= 0.3 is 5.97 Å². The summed E-state index contributed by atoms with van der Waals surface area (Å²) in [6.07, 6.45) is 4.47. The zero-order valence-electron chi connectivity index (χ0n) is 9.96. The fourth-order valence-electron chi connectivity index (χ4n) is 1.64. The molecule has 0 amide bonds. The van der Waals surface area contributed by atoms with Gasteiger partial charge in [-0.25, -0.2) is 4.79 Å². The minimum absolute atomic E-state index is 0.254. The van der Waals surface area contributed by atoms with Crippen LogP contribution in [0.3, 0.4) is 0 Å². The average molecular weight is 224 g/mol. The second kappa shape index (κ2) is 6.48. The molecule has 1 atom stereocenters. The molecule has 1 unspecified atom stereocenters. The summed E-state index contributed by atoms with van der Waals surface area (Å²) in [6, 6.07) is 0. The maximum atomic E-state index is 11.1. The molecule has 1 fully saturated rings. The average Bonchev–Trinajstić information content (AvgIpc) is 2.27. The minimum Gasteiger partial charge on any atom is -0.458 e. The molecule has 3 nitrogen and oxygen atoms in total. The first-order chi connectivity index (χ1) is 7.59. The summed E-state index contributed by atoms with van der Waals surface area (Å²) < 4.78 is 10.6. The van der Waals surface area contributed by atoms with E-state index in [0.29, 0.717) is 5.57 Å². The highest BCUT2D eigenvalue weighted by atomic mass is 16.5. The molecular formula is C13H20O3. The summed E-state index contributed by atoms with van der Waals surface area (Å²) in [6.45, 7) is 10.2. The van der Waals surface area contributed by atoms with Gasteiger partial charge in [-0.3, -0.25) is 0 Å². The molecule has 1 aliphatic heterocycles. The molecule has 16 heavy (non-hydrogen) atoms. The summed E-state index contributed by atoms with van der Waals surface area (Å²) >= 11 is 0. The van der Waals surface area contributed by atoms with Gasteiger partial charge in [0.25, 0.3) is 0 Å². The molecule has 0 aromatic rings. The second-order valence-corrected chi connectivity index (χ2v) is 4.30. The van der Waals surface area contributed by atoms with Crippen molar-refractivity contribution >= 4 is 5.97 Å². The highest BCUT2D eigenvalue weighted by Gasteiger charge is 2.15. The smallest absolute Gasteiger partial charge is 0.333 e. The molecule has 0 N–H and O–H groups in total. The van der Waals surface area contributed by atoms with E-state index in [-0.39, 0.29) is 18.7 Å². The Morgan fingerprint density at radius 1 is 1.44 bits per heavy atom. The summed E-state index contributed by atoms with van der Waals surface area (Å²) in [5.74, 6) is -0.356. The van der Waals surface area contributed by atoms with Crippen molar-refractivity contribution < 1.29 is 14.3 Å². The third kappa shape index (κ3) is 4.62. The Labute approximate surface area is 97.1 Å². The molecular weight excluding hydrogens is 204 g/mol. The van der Waals surface area contributed by atoms with E-state index in [4.69, 9.17) is 9.47 Å². The van der Waals surface area contributed by atoms with Crippen LogP contribution in [0, 0.1) is 0 Å². The lowest BCUT2D eigenvalue weighted by Crippen LogP contribution is -2.20. The van der Waals surface area contributed by atoms with Crippen molar-refractivity contribution in [3.63, 3.8) is 0 Å². The van der Waals surface area contributed by atoms with Gasteiger partial charge in [0.05, 0.1) is 6.10 Å². The standard InChI is InChI=1S/C13H20O3/c1-10(2)13(14)16-9-11(3)8-12-6-4-5-7-15-12/h12H,1,3-9H2,2H3. The van der Waals surface area contributed by atoms with Crippen molar-refractivity contribution in [1.29, 1.82) is 0 Å². The van der Waals surface area contributed by atoms with E-state index in [1.807, 2.05) is 0 Å². The van der Waals surface area contributed by atoms with Gasteiger partial charge < -0.3 is 9.47 Å². The van der Waals surface area contributed by atoms with Gasteiger partial charge in [0.1, 0.15) is 6.61 Å². The Morgan fingerprint density at radius 3 is 2.75 bits per heavy atom. The molecule has 1 aliphatic rings. The van der Waals surface area contributed by atoms with E-state index < -0.39 is 0 Å².